The van der Waals surface area contributed by atoms with Crippen molar-refractivity contribution in [1.82, 2.24) is 31.1 Å². The van der Waals surface area contributed by atoms with Crippen LogP contribution in [0.4, 0.5) is 14.4 Å². The summed E-state index contributed by atoms with van der Waals surface area (Å²) < 4.78 is 41.6. The van der Waals surface area contributed by atoms with E-state index in [1.807, 2.05) is 20.2 Å². The highest BCUT2D eigenvalue weighted by atomic mass is 16.7. The van der Waals surface area contributed by atoms with Gasteiger partial charge in [0.2, 0.25) is 12.2 Å². The molecule has 67 heavy (non-hydrogen) atoms. The van der Waals surface area contributed by atoms with Crippen molar-refractivity contribution in [3.63, 3.8) is 0 Å². The van der Waals surface area contributed by atoms with E-state index in [0.29, 0.717) is 18.7 Å². The Morgan fingerprint density at radius 3 is 1.94 bits per heavy atom. The lowest BCUT2D eigenvalue weighted by Gasteiger charge is -2.50. The zero-order chi connectivity index (χ0) is 51.0. The van der Waals surface area contributed by atoms with E-state index in [0.717, 1.165) is 11.4 Å². The third-order valence-electron chi connectivity index (χ3n) is 10.8. The number of carbonyl (C=O) groups excluding carboxylic acids is 4. The van der Waals surface area contributed by atoms with Crippen LogP contribution in [0.3, 0.4) is 0 Å². The normalized spacial score (nSPS) is 30.0. The van der Waals surface area contributed by atoms with Crippen molar-refractivity contribution in [2.75, 3.05) is 53.9 Å². The van der Waals surface area contributed by atoms with Gasteiger partial charge in [-0.1, -0.05) is 13.8 Å². The highest BCUT2D eigenvalue weighted by Crippen LogP contribution is 2.35. The summed E-state index contributed by atoms with van der Waals surface area (Å²) in [6, 6.07) is -4.25. The Hall–Kier alpha value is -3.58. The van der Waals surface area contributed by atoms with Crippen LogP contribution in [0.1, 0.15) is 102 Å². The number of nitrogens with zero attached hydrogens (tertiary/aromatic N) is 2. The van der Waals surface area contributed by atoms with Crippen LogP contribution < -0.4 is 27.0 Å². The van der Waals surface area contributed by atoms with Crippen molar-refractivity contribution >= 4 is 24.2 Å². The molecule has 1 saturated heterocycles. The van der Waals surface area contributed by atoms with Gasteiger partial charge >= 0.3 is 18.3 Å². The maximum absolute atomic E-state index is 13.8. The highest BCUT2D eigenvalue weighted by Gasteiger charge is 2.55. The van der Waals surface area contributed by atoms with Crippen molar-refractivity contribution in [3.8, 4) is 0 Å². The Morgan fingerprint density at radius 2 is 1.39 bits per heavy atom. The zero-order valence-electron chi connectivity index (χ0n) is 42.3. The minimum atomic E-state index is -1.83. The second kappa shape index (κ2) is 23.4. The zero-order valence-corrected chi connectivity index (χ0v) is 42.3. The van der Waals surface area contributed by atoms with Gasteiger partial charge in [-0.05, 0) is 114 Å². The minimum Gasteiger partial charge on any atom is -0.467 e. The Labute approximate surface area is 396 Å². The van der Waals surface area contributed by atoms with E-state index in [1.165, 1.54) is 14.0 Å². The molecule has 22 heteroatoms. The van der Waals surface area contributed by atoms with Crippen LogP contribution in [0, 0.1) is 5.41 Å². The van der Waals surface area contributed by atoms with Crippen LogP contribution in [0.15, 0.2) is 11.8 Å². The number of aliphatic hydroxyl groups is 4. The fraction of sp³-hybridized carbons (Fsp3) is 0.867. The molecule has 2 aliphatic heterocycles. The van der Waals surface area contributed by atoms with Crippen molar-refractivity contribution in [3.05, 3.63) is 11.8 Å². The number of hydrogen-bond acceptors (Lipinski definition) is 18. The van der Waals surface area contributed by atoms with E-state index in [4.69, 9.17) is 38.9 Å². The highest BCUT2D eigenvalue weighted by molar-refractivity contribution is 5.81. The predicted octanol–water partition coefficient (Wildman–Crippen LogP) is 1.01. The number of aliphatic hydroxyl groups excluding tert-OH is 3. The van der Waals surface area contributed by atoms with Gasteiger partial charge in [-0.15, -0.1) is 0 Å². The van der Waals surface area contributed by atoms with Crippen LogP contribution >= 0.6 is 0 Å². The molecule has 0 unspecified atom stereocenters. The summed E-state index contributed by atoms with van der Waals surface area (Å²) in [6.07, 6.45) is -11.6. The molecule has 1 saturated carbocycles. The second-order valence-electron chi connectivity index (χ2n) is 22.1. The molecule has 0 bridgehead atoms. The Balaban J connectivity index is 2.07. The third-order valence-corrected chi connectivity index (χ3v) is 10.8. The first-order chi connectivity index (χ1) is 30.6. The molecule has 10 N–H and O–H groups in total. The number of likely N-dealkylation sites (N-methyl/N-ethyl adjacent to an activating group) is 1. The van der Waals surface area contributed by atoms with Gasteiger partial charge in [-0.25, -0.2) is 14.4 Å². The molecule has 0 radical (unpaired) electrons. The van der Waals surface area contributed by atoms with Gasteiger partial charge in [0.1, 0.15) is 58.7 Å². The van der Waals surface area contributed by atoms with Gasteiger partial charge in [0.15, 0.2) is 6.29 Å². The van der Waals surface area contributed by atoms with E-state index in [9.17, 15) is 39.6 Å². The van der Waals surface area contributed by atoms with Gasteiger partial charge < -0.3 is 90.4 Å². The number of rotatable bonds is 17. The predicted molar refractivity (Wildman–Crippen MR) is 245 cm³/mol. The monoisotopic (exact) mass is 962 g/mol. The molecular weight excluding hydrogens is 879 g/mol. The first-order valence-corrected chi connectivity index (χ1v) is 23.0. The summed E-state index contributed by atoms with van der Waals surface area (Å²) in [5.41, 5.74) is 1.36. The van der Waals surface area contributed by atoms with Crippen LogP contribution in [-0.4, -0.2) is 198 Å². The number of nitrogens with one attached hydrogen (secondary N) is 4. The Morgan fingerprint density at radius 1 is 0.836 bits per heavy atom. The van der Waals surface area contributed by atoms with Crippen LogP contribution in [0.2, 0.25) is 0 Å². The average Bonchev–Trinajstić information content (AvgIpc) is 3.15. The molecule has 22 nitrogen and oxygen atoms in total. The average molecular weight is 962 g/mol. The lowest BCUT2D eigenvalue weighted by atomic mass is 9.82. The summed E-state index contributed by atoms with van der Waals surface area (Å²) in [5, 5.41) is 58.5. The Kier molecular flexibility index (Phi) is 20.1. The first-order valence-electron chi connectivity index (χ1n) is 23.0. The van der Waals surface area contributed by atoms with Crippen molar-refractivity contribution < 1.29 is 72.8 Å². The second-order valence-corrected chi connectivity index (χ2v) is 22.1. The largest absolute Gasteiger partial charge is 0.467 e. The fourth-order valence-electron chi connectivity index (χ4n) is 8.21. The molecule has 3 aliphatic rings. The molecule has 3 rings (SSSR count). The van der Waals surface area contributed by atoms with E-state index < -0.39 is 120 Å². The lowest BCUT2D eigenvalue weighted by Crippen LogP contribution is -2.71. The molecule has 2 fully saturated rings. The molecule has 0 aromatic heterocycles. The minimum absolute atomic E-state index is 0.0422. The maximum atomic E-state index is 13.8. The molecule has 4 amide bonds. The summed E-state index contributed by atoms with van der Waals surface area (Å²) in [5.74, 6) is -0.503. The van der Waals surface area contributed by atoms with Gasteiger partial charge in [-0.2, -0.15) is 0 Å². The van der Waals surface area contributed by atoms with Crippen molar-refractivity contribution in [2.24, 2.45) is 11.1 Å². The molecule has 0 spiro atoms. The van der Waals surface area contributed by atoms with Crippen molar-refractivity contribution in [1.29, 1.82) is 0 Å². The number of ether oxygens (including phenoxy) is 7. The Bertz CT molecular complexity index is 1680. The van der Waals surface area contributed by atoms with E-state index >= 15 is 0 Å². The molecule has 0 aromatic carbocycles. The summed E-state index contributed by atoms with van der Waals surface area (Å²) in [6.45, 7) is 21.4. The van der Waals surface area contributed by atoms with Gasteiger partial charge in [0, 0.05) is 26.7 Å². The third kappa shape index (κ3) is 18.4. The molecule has 388 valence electrons. The van der Waals surface area contributed by atoms with Crippen LogP contribution in [0.5, 0.6) is 0 Å². The first kappa shape index (κ1) is 57.7. The van der Waals surface area contributed by atoms with Gasteiger partial charge in [-0.3, -0.25) is 4.79 Å². The molecule has 1 aliphatic carbocycles. The quantitative estimate of drug-likeness (QED) is 0.0920. The lowest BCUT2D eigenvalue weighted by molar-refractivity contribution is -0.311. The fourth-order valence-corrected chi connectivity index (χ4v) is 8.21. The maximum Gasteiger partial charge on any atom is 0.410 e. The standard InChI is InChI=1S/C45H83N7O15/c1-41(2,3)65-38(57)47-19-18-29(53)35(56)49-27-20-28(50-39(58)66-42(4,5)6)33(63-36-26(17-16-25(21-46)62-36)48-22-44(10,11)23-51(13)14)30(54)32(27)64-37-31(55)34(45(12,60)24-61-37)52(15)40(59)67-43(7,8)9/h16,26-34,36-37,48,53-55,60H,17-24,46H2,1-15H3,(H,47,57)(H,49,56)(H,50,58)/t26-,27-,28+,29+,30-,31-,32+,33-,34-,36-,37-,45+/m1/s1. The molecular formula is C45H83N7O15. The SMILES string of the molecule is CN(C)CC(C)(C)CN[C@@H]1CC=C(CN)O[C@@H]1O[C@H]1[C@H](O)[C@@H](O[C@H]2OC[C@](C)(O)[C@H](N(C)C(=O)OC(C)(C)C)[C@H]2O)[C@H](NC(=O)[C@@H](O)CCNC(=O)OC(C)(C)C)C[C@@H]1NC(=O)OC(C)(C)C. The number of carbonyl (C=O) groups is 4. The number of nitrogens with two attached hydrogens (primary N) is 1. The topological polar surface area (TPSA) is 294 Å². The van der Waals surface area contributed by atoms with Crippen molar-refractivity contribution in [2.45, 2.75) is 192 Å². The molecule has 12 atom stereocenters. The van der Waals surface area contributed by atoms with Crippen LogP contribution in [0.25, 0.3) is 0 Å². The summed E-state index contributed by atoms with van der Waals surface area (Å²) >= 11 is 0. The van der Waals surface area contributed by atoms with Crippen LogP contribution in [-0.2, 0) is 38.0 Å². The van der Waals surface area contributed by atoms with E-state index in [2.05, 4.69) is 40.0 Å². The summed E-state index contributed by atoms with van der Waals surface area (Å²) in [7, 11) is 5.30. The van der Waals surface area contributed by atoms with E-state index in [1.54, 1.807) is 62.3 Å². The number of alkyl carbamates (subject to hydrolysis) is 2. The van der Waals surface area contributed by atoms with Gasteiger partial charge in [0.05, 0.1) is 37.3 Å². The smallest absolute Gasteiger partial charge is 0.410 e. The number of hydrogen-bond donors (Lipinski definition) is 9. The van der Waals surface area contributed by atoms with Gasteiger partial charge in [0.25, 0.3) is 0 Å². The number of amides is 4. The summed E-state index contributed by atoms with van der Waals surface area (Å²) in [4.78, 5) is 55.9. The molecule has 2 heterocycles. The molecule has 0 aromatic rings. The van der Waals surface area contributed by atoms with E-state index in [-0.39, 0.29) is 31.3 Å².